The number of carboxylic acids is 1. The van der Waals surface area contributed by atoms with Gasteiger partial charge in [-0.1, -0.05) is 6.07 Å². The number of carboxylic acid groups (broad SMARTS) is 1. The zero-order chi connectivity index (χ0) is 14.7. The van der Waals surface area contributed by atoms with E-state index in [2.05, 4.69) is 15.0 Å². The number of H-pyrrole nitrogens is 1. The minimum Gasteiger partial charge on any atom is -0.480 e. The Hall–Kier alpha value is -2.83. The van der Waals surface area contributed by atoms with Crippen LogP contribution in [0.3, 0.4) is 0 Å². The summed E-state index contributed by atoms with van der Waals surface area (Å²) in [5.74, 6) is -1.68. The van der Waals surface area contributed by atoms with Crippen LogP contribution >= 0.6 is 0 Å². The molecule has 0 amide bonds. The van der Waals surface area contributed by atoms with Gasteiger partial charge in [-0.05, 0) is 12.1 Å². The highest BCUT2D eigenvalue weighted by molar-refractivity contribution is 5.96. The van der Waals surface area contributed by atoms with E-state index in [4.69, 9.17) is 5.11 Å². The molecule has 2 rings (SSSR count). The van der Waals surface area contributed by atoms with Gasteiger partial charge in [0.15, 0.2) is 5.43 Å². The van der Waals surface area contributed by atoms with Gasteiger partial charge in [-0.2, -0.15) is 0 Å². The van der Waals surface area contributed by atoms with Gasteiger partial charge in [-0.15, -0.1) is 0 Å². The molecule has 1 aromatic carbocycles. The fourth-order valence-corrected chi connectivity index (χ4v) is 1.84. The first kappa shape index (κ1) is 13.6. The van der Waals surface area contributed by atoms with Crippen molar-refractivity contribution in [2.75, 3.05) is 19.0 Å². The van der Waals surface area contributed by atoms with Gasteiger partial charge in [0.1, 0.15) is 12.2 Å². The van der Waals surface area contributed by atoms with Gasteiger partial charge in [0.05, 0.1) is 18.0 Å². The molecule has 0 spiro atoms. The summed E-state index contributed by atoms with van der Waals surface area (Å²) in [5, 5.41) is 11.6. The summed E-state index contributed by atoms with van der Waals surface area (Å²) in [4.78, 5) is 36.8. The first-order valence-corrected chi connectivity index (χ1v) is 5.73. The molecule has 7 nitrogen and oxygen atoms in total. The lowest BCUT2D eigenvalue weighted by Gasteiger charge is -2.08. The van der Waals surface area contributed by atoms with Crippen LogP contribution in [0.15, 0.2) is 29.1 Å². The van der Waals surface area contributed by atoms with Crippen molar-refractivity contribution in [3.05, 3.63) is 40.2 Å². The minimum atomic E-state index is -1.04. The first-order chi connectivity index (χ1) is 9.52. The van der Waals surface area contributed by atoms with Gasteiger partial charge in [-0.3, -0.25) is 9.59 Å². The number of aromatic nitrogens is 1. The van der Waals surface area contributed by atoms with E-state index in [1.165, 1.54) is 7.11 Å². The van der Waals surface area contributed by atoms with Crippen molar-refractivity contribution >= 4 is 28.5 Å². The fourth-order valence-electron chi connectivity index (χ4n) is 1.84. The van der Waals surface area contributed by atoms with Crippen LogP contribution < -0.4 is 10.7 Å². The first-order valence-electron chi connectivity index (χ1n) is 5.73. The molecule has 104 valence electrons. The van der Waals surface area contributed by atoms with Gasteiger partial charge in [0.2, 0.25) is 0 Å². The number of aromatic amines is 1. The number of benzene rings is 1. The molecule has 0 aliphatic carbocycles. The Bertz CT molecular complexity index is 735. The number of hydrogen-bond donors (Lipinski definition) is 3. The summed E-state index contributed by atoms with van der Waals surface area (Å²) >= 11 is 0. The topological polar surface area (TPSA) is 108 Å². The third kappa shape index (κ3) is 2.61. The van der Waals surface area contributed by atoms with Crippen molar-refractivity contribution < 1.29 is 19.4 Å². The van der Waals surface area contributed by atoms with Gasteiger partial charge < -0.3 is 20.1 Å². The van der Waals surface area contributed by atoms with E-state index in [-0.39, 0.29) is 12.2 Å². The Morgan fingerprint density at radius 2 is 2.15 bits per heavy atom. The second-order valence-corrected chi connectivity index (χ2v) is 4.01. The summed E-state index contributed by atoms with van der Waals surface area (Å²) in [6.45, 7) is -0.308. The van der Waals surface area contributed by atoms with E-state index in [1.54, 1.807) is 18.2 Å². The fraction of sp³-hybridized carbons (Fsp3) is 0.154. The highest BCUT2D eigenvalue weighted by Crippen LogP contribution is 2.18. The molecule has 0 aliphatic heterocycles. The quantitative estimate of drug-likeness (QED) is 0.713. The molecule has 7 heteroatoms. The van der Waals surface area contributed by atoms with Crippen molar-refractivity contribution in [2.24, 2.45) is 0 Å². The Labute approximate surface area is 113 Å². The standard InChI is InChI=1S/C13H12N2O5/c1-20-13(19)9-5-10(16)12-7(14-6-11(17)18)3-2-4-8(12)15-9/h2-5,14H,6H2,1H3,(H,15,16)(H,17,18). The van der Waals surface area contributed by atoms with Gasteiger partial charge in [0.25, 0.3) is 0 Å². The number of hydrogen-bond acceptors (Lipinski definition) is 5. The summed E-state index contributed by atoms with van der Waals surface area (Å²) in [7, 11) is 1.22. The number of carbonyl (C=O) groups excluding carboxylic acids is 1. The monoisotopic (exact) mass is 276 g/mol. The number of esters is 1. The zero-order valence-electron chi connectivity index (χ0n) is 10.6. The maximum Gasteiger partial charge on any atom is 0.354 e. The minimum absolute atomic E-state index is 0.0420. The maximum atomic E-state index is 12.1. The van der Waals surface area contributed by atoms with E-state index in [0.717, 1.165) is 6.07 Å². The normalized spacial score (nSPS) is 10.2. The number of rotatable bonds is 4. The average Bonchev–Trinajstić information content (AvgIpc) is 2.43. The Kier molecular flexibility index (Phi) is 3.69. The predicted molar refractivity (Wildman–Crippen MR) is 72.0 cm³/mol. The third-order valence-electron chi connectivity index (χ3n) is 2.69. The number of fused-ring (bicyclic) bond motifs is 1. The van der Waals surface area contributed by atoms with Crippen molar-refractivity contribution in [3.8, 4) is 0 Å². The van der Waals surface area contributed by atoms with Gasteiger partial charge >= 0.3 is 11.9 Å². The largest absolute Gasteiger partial charge is 0.480 e. The molecule has 0 radical (unpaired) electrons. The second-order valence-electron chi connectivity index (χ2n) is 4.01. The van der Waals surface area contributed by atoms with Crippen LogP contribution in [0.1, 0.15) is 10.5 Å². The van der Waals surface area contributed by atoms with E-state index in [9.17, 15) is 14.4 Å². The summed E-state index contributed by atoms with van der Waals surface area (Å²) in [6, 6.07) is 5.98. The Morgan fingerprint density at radius 1 is 1.40 bits per heavy atom. The molecule has 3 N–H and O–H groups in total. The van der Waals surface area contributed by atoms with E-state index < -0.39 is 17.4 Å². The summed E-state index contributed by atoms with van der Waals surface area (Å²) in [5.41, 5.74) is 0.462. The molecular formula is C13H12N2O5. The second kappa shape index (κ2) is 5.43. The molecule has 0 aliphatic rings. The van der Waals surface area contributed by atoms with Crippen LogP contribution in [0.2, 0.25) is 0 Å². The number of nitrogens with one attached hydrogen (secondary N) is 2. The number of ether oxygens (including phenoxy) is 1. The lowest BCUT2D eigenvalue weighted by molar-refractivity contribution is -0.134. The van der Waals surface area contributed by atoms with E-state index in [0.29, 0.717) is 16.6 Å². The van der Waals surface area contributed by atoms with Crippen molar-refractivity contribution in [3.63, 3.8) is 0 Å². The van der Waals surface area contributed by atoms with Gasteiger partial charge in [0, 0.05) is 11.8 Å². The number of carbonyl (C=O) groups is 2. The highest BCUT2D eigenvalue weighted by Gasteiger charge is 2.12. The SMILES string of the molecule is COC(=O)c1cc(=O)c2c(NCC(=O)O)cccc2[nH]1. The molecule has 1 heterocycles. The van der Waals surface area contributed by atoms with Crippen molar-refractivity contribution in [1.82, 2.24) is 4.98 Å². The molecule has 0 unspecified atom stereocenters. The smallest absolute Gasteiger partial charge is 0.354 e. The third-order valence-corrected chi connectivity index (χ3v) is 2.69. The van der Waals surface area contributed by atoms with Crippen LogP contribution in [-0.4, -0.2) is 35.7 Å². The highest BCUT2D eigenvalue weighted by atomic mass is 16.5. The zero-order valence-corrected chi connectivity index (χ0v) is 10.6. The number of methoxy groups -OCH3 is 1. The van der Waals surface area contributed by atoms with Crippen LogP contribution in [0.5, 0.6) is 0 Å². The van der Waals surface area contributed by atoms with E-state index in [1.807, 2.05) is 0 Å². The Balaban J connectivity index is 2.56. The Morgan fingerprint density at radius 3 is 2.80 bits per heavy atom. The molecule has 0 saturated heterocycles. The summed E-state index contributed by atoms with van der Waals surface area (Å²) in [6.07, 6.45) is 0. The predicted octanol–water partition coefficient (Wildman–Crippen LogP) is 0.811. The lowest BCUT2D eigenvalue weighted by Crippen LogP contribution is -2.16. The molecule has 0 bridgehead atoms. The molecule has 1 aromatic heterocycles. The number of pyridine rings is 1. The van der Waals surface area contributed by atoms with Crippen LogP contribution in [-0.2, 0) is 9.53 Å². The summed E-state index contributed by atoms with van der Waals surface area (Å²) < 4.78 is 4.55. The molecule has 0 saturated carbocycles. The van der Waals surface area contributed by atoms with Crippen molar-refractivity contribution in [1.29, 1.82) is 0 Å². The number of anilines is 1. The van der Waals surface area contributed by atoms with E-state index >= 15 is 0 Å². The van der Waals surface area contributed by atoms with Gasteiger partial charge in [-0.25, -0.2) is 4.79 Å². The van der Waals surface area contributed by atoms with Crippen molar-refractivity contribution in [2.45, 2.75) is 0 Å². The molecule has 2 aromatic rings. The molecule has 20 heavy (non-hydrogen) atoms. The van der Waals surface area contributed by atoms with Crippen LogP contribution in [0, 0.1) is 0 Å². The lowest BCUT2D eigenvalue weighted by atomic mass is 10.1. The van der Waals surface area contributed by atoms with Crippen LogP contribution in [0.4, 0.5) is 5.69 Å². The molecule has 0 atom stereocenters. The maximum absolute atomic E-state index is 12.1. The molecule has 0 fully saturated rings. The number of aliphatic carboxylic acids is 1. The molecular weight excluding hydrogens is 264 g/mol. The average molecular weight is 276 g/mol. The van der Waals surface area contributed by atoms with Crippen LogP contribution in [0.25, 0.3) is 10.9 Å².